The molecule has 292 valence electrons. The number of hydrogen-bond donors (Lipinski definition) is 0. The molecule has 0 saturated heterocycles. The van der Waals surface area contributed by atoms with Crippen LogP contribution in [0.15, 0.2) is 212 Å². The van der Waals surface area contributed by atoms with Crippen LogP contribution in [0.2, 0.25) is 0 Å². The molecule has 14 rings (SSSR count). The number of benzene rings is 9. The topological polar surface area (TPSA) is 48.5 Å². The molecule has 0 amide bonds. The van der Waals surface area contributed by atoms with E-state index in [0.717, 1.165) is 60.3 Å². The molecule has 9 aromatic carbocycles. The van der Waals surface area contributed by atoms with Crippen molar-refractivity contribution in [3.8, 4) is 56.7 Å². The Hall–Kier alpha value is -8.41. The molecule has 0 saturated carbocycles. The van der Waals surface area contributed by atoms with Crippen molar-refractivity contribution in [2.45, 2.75) is 5.41 Å². The Kier molecular flexibility index (Phi) is 6.97. The number of hydrogen-bond acceptors (Lipinski definition) is 3. The molecule has 0 N–H and O–H groups in total. The number of rotatable bonds is 4. The van der Waals surface area contributed by atoms with E-state index in [0.29, 0.717) is 17.7 Å². The molecular formula is C58H35N5. The first-order valence-corrected chi connectivity index (χ1v) is 21.5. The van der Waals surface area contributed by atoms with E-state index in [1.807, 2.05) is 0 Å². The fourth-order valence-electron chi connectivity index (χ4n) is 11.1. The van der Waals surface area contributed by atoms with E-state index < -0.39 is 5.41 Å². The molecule has 12 aromatic rings. The number of aromatic nitrogens is 5. The molecule has 3 heterocycles. The lowest BCUT2D eigenvalue weighted by Gasteiger charge is -2.30. The molecule has 3 aromatic heterocycles. The zero-order valence-electron chi connectivity index (χ0n) is 33.9. The minimum Gasteiger partial charge on any atom is -0.278 e. The summed E-state index contributed by atoms with van der Waals surface area (Å²) in [5.74, 6) is 1.73. The minimum absolute atomic E-state index is 0.499. The molecule has 2 aliphatic carbocycles. The maximum absolute atomic E-state index is 5.52. The summed E-state index contributed by atoms with van der Waals surface area (Å²) in [6.07, 6.45) is 0. The summed E-state index contributed by atoms with van der Waals surface area (Å²) in [7, 11) is 0. The van der Waals surface area contributed by atoms with Crippen molar-refractivity contribution in [1.29, 1.82) is 0 Å². The zero-order valence-corrected chi connectivity index (χ0v) is 33.9. The molecule has 0 bridgehead atoms. The Morgan fingerprint density at radius 3 is 1.27 bits per heavy atom. The lowest BCUT2D eigenvalue weighted by atomic mass is 9.70. The summed E-state index contributed by atoms with van der Waals surface area (Å²) in [6, 6.07) is 76.6. The van der Waals surface area contributed by atoms with Crippen molar-refractivity contribution in [1.82, 2.24) is 24.1 Å². The van der Waals surface area contributed by atoms with Crippen molar-refractivity contribution in [2.24, 2.45) is 0 Å². The van der Waals surface area contributed by atoms with Gasteiger partial charge in [-0.15, -0.1) is 0 Å². The lowest BCUT2D eigenvalue weighted by Crippen LogP contribution is -2.25. The predicted octanol–water partition coefficient (Wildman–Crippen LogP) is 13.7. The monoisotopic (exact) mass is 801 g/mol. The molecule has 0 radical (unpaired) electrons. The first-order chi connectivity index (χ1) is 31.3. The Balaban J connectivity index is 1.08. The van der Waals surface area contributed by atoms with Crippen LogP contribution < -0.4 is 0 Å². The van der Waals surface area contributed by atoms with Crippen molar-refractivity contribution in [2.75, 3.05) is 0 Å². The second-order valence-electron chi connectivity index (χ2n) is 16.7. The van der Waals surface area contributed by atoms with E-state index in [1.165, 1.54) is 44.5 Å². The van der Waals surface area contributed by atoms with Crippen LogP contribution >= 0.6 is 0 Å². The first-order valence-electron chi connectivity index (χ1n) is 21.5. The molecule has 0 atom stereocenters. The van der Waals surface area contributed by atoms with Crippen molar-refractivity contribution < 1.29 is 0 Å². The Morgan fingerprint density at radius 1 is 0.286 bits per heavy atom. The van der Waals surface area contributed by atoms with Crippen LogP contribution in [0, 0.1) is 0 Å². The molecule has 1 spiro atoms. The lowest BCUT2D eigenvalue weighted by molar-refractivity contribution is 0.793. The fraction of sp³-hybridized carbons (Fsp3) is 0.0172. The van der Waals surface area contributed by atoms with Crippen LogP contribution in [0.3, 0.4) is 0 Å². The van der Waals surface area contributed by atoms with E-state index >= 15 is 0 Å². The maximum Gasteiger partial charge on any atom is 0.240 e. The molecule has 5 heteroatoms. The highest BCUT2D eigenvalue weighted by atomic mass is 15.3. The predicted molar refractivity (Wildman–Crippen MR) is 256 cm³/mol. The Bertz CT molecular complexity index is 3760. The highest BCUT2D eigenvalue weighted by Crippen LogP contribution is 2.63. The van der Waals surface area contributed by atoms with Crippen LogP contribution in [0.25, 0.3) is 100 Å². The van der Waals surface area contributed by atoms with Gasteiger partial charge in [-0.3, -0.25) is 9.13 Å². The molecule has 2 aliphatic rings. The summed E-state index contributed by atoms with van der Waals surface area (Å²) in [4.78, 5) is 16.5. The van der Waals surface area contributed by atoms with E-state index in [-0.39, 0.29) is 0 Å². The van der Waals surface area contributed by atoms with E-state index in [1.54, 1.807) is 0 Å². The molecule has 0 unspecified atom stereocenters. The van der Waals surface area contributed by atoms with Gasteiger partial charge in [0.2, 0.25) is 11.9 Å². The SMILES string of the molecule is c1ccc(-c2ccc3c4ccccc4n(-c4nc(-c5ccc6c(c5)C5(c7ccccc7-c7ccccc75)c5ccccc5-6)nc(-n5c6ccccc6c6ccccc65)n4)c3c2)cc1. The first kappa shape index (κ1) is 34.3. The van der Waals surface area contributed by atoms with Crippen molar-refractivity contribution >= 4 is 43.6 Å². The second kappa shape index (κ2) is 12.8. The van der Waals surface area contributed by atoms with E-state index in [9.17, 15) is 0 Å². The third-order valence-corrected chi connectivity index (χ3v) is 13.6. The van der Waals surface area contributed by atoms with Gasteiger partial charge in [0.05, 0.1) is 27.5 Å². The average molecular weight is 802 g/mol. The highest BCUT2D eigenvalue weighted by molar-refractivity contribution is 6.11. The van der Waals surface area contributed by atoms with Gasteiger partial charge in [0.15, 0.2) is 5.82 Å². The van der Waals surface area contributed by atoms with Crippen molar-refractivity contribution in [3.05, 3.63) is 235 Å². The van der Waals surface area contributed by atoms with Crippen LogP contribution in [-0.2, 0) is 5.41 Å². The number of para-hydroxylation sites is 3. The highest BCUT2D eigenvalue weighted by Gasteiger charge is 2.51. The van der Waals surface area contributed by atoms with Gasteiger partial charge in [-0.25, -0.2) is 0 Å². The average Bonchev–Trinajstić information content (AvgIpc) is 4.06. The van der Waals surface area contributed by atoms with Gasteiger partial charge >= 0.3 is 0 Å². The Labute approximate surface area is 362 Å². The van der Waals surface area contributed by atoms with Gasteiger partial charge in [-0.2, -0.15) is 15.0 Å². The molecule has 5 nitrogen and oxygen atoms in total. The van der Waals surface area contributed by atoms with Gasteiger partial charge in [0.25, 0.3) is 0 Å². The summed E-state index contributed by atoms with van der Waals surface area (Å²) < 4.78 is 4.44. The van der Waals surface area contributed by atoms with Gasteiger partial charge in [0.1, 0.15) is 0 Å². The molecular weight excluding hydrogens is 767 g/mol. The standard InChI is InChI=1S/C58H35N5/c1-2-16-36(17-3-1)37-30-33-46-45-23-9-15-29-53(45)63(54(46)35-37)57-60-55(59-56(61-57)62-51-27-13-7-21-43(51)44-22-8-14-28-52(44)62)38-31-32-42-41-20-6-12-26-49(41)58(50(42)34-38)47-24-10-4-18-39(47)40-19-5-11-25-48(40)58/h1-35H. The smallest absolute Gasteiger partial charge is 0.240 e. The summed E-state index contributed by atoms with van der Waals surface area (Å²) in [6.45, 7) is 0. The third-order valence-electron chi connectivity index (χ3n) is 13.6. The second-order valence-corrected chi connectivity index (χ2v) is 16.7. The quantitative estimate of drug-likeness (QED) is 0.178. The van der Waals surface area contributed by atoms with Crippen LogP contribution in [0.1, 0.15) is 22.3 Å². The third kappa shape index (κ3) is 4.63. The van der Waals surface area contributed by atoms with Gasteiger partial charge in [0, 0.05) is 27.1 Å². The van der Waals surface area contributed by atoms with E-state index in [2.05, 4.69) is 221 Å². The van der Waals surface area contributed by atoms with E-state index in [4.69, 9.17) is 15.0 Å². The van der Waals surface area contributed by atoms with Crippen LogP contribution in [0.5, 0.6) is 0 Å². The molecule has 0 aliphatic heterocycles. The maximum atomic E-state index is 5.52. The summed E-state index contributed by atoms with van der Waals surface area (Å²) in [5.41, 5.74) is 17.0. The number of fused-ring (bicyclic) bond motifs is 16. The normalized spacial score (nSPS) is 13.2. The summed E-state index contributed by atoms with van der Waals surface area (Å²) in [5, 5.41) is 4.58. The Morgan fingerprint density at radius 2 is 0.714 bits per heavy atom. The largest absolute Gasteiger partial charge is 0.278 e. The van der Waals surface area contributed by atoms with Gasteiger partial charge in [-0.1, -0.05) is 182 Å². The minimum atomic E-state index is -0.499. The molecule has 0 fully saturated rings. The van der Waals surface area contributed by atoms with Gasteiger partial charge < -0.3 is 0 Å². The number of nitrogens with zero attached hydrogens (tertiary/aromatic N) is 5. The summed E-state index contributed by atoms with van der Waals surface area (Å²) >= 11 is 0. The van der Waals surface area contributed by atoms with Crippen LogP contribution in [0.4, 0.5) is 0 Å². The van der Waals surface area contributed by atoms with Gasteiger partial charge in [-0.05, 0) is 86.0 Å². The molecule has 63 heavy (non-hydrogen) atoms. The fourth-order valence-corrected chi connectivity index (χ4v) is 11.1. The van der Waals surface area contributed by atoms with Crippen molar-refractivity contribution in [3.63, 3.8) is 0 Å². The zero-order chi connectivity index (χ0) is 41.2. The van der Waals surface area contributed by atoms with Crippen LogP contribution in [-0.4, -0.2) is 24.1 Å².